The number of hydrogen-bond donors (Lipinski definition) is 0. The molecule has 0 N–H and O–H groups in total. The Balaban J connectivity index is 2.89. The summed E-state index contributed by atoms with van der Waals surface area (Å²) in [5.74, 6) is 0.0286. The second-order valence-corrected chi connectivity index (χ2v) is 6.30. The van der Waals surface area contributed by atoms with Crippen molar-refractivity contribution >= 4 is 25.4 Å². The molecule has 0 fully saturated rings. The smallest absolute Gasteiger partial charge is 0.280 e. The van der Waals surface area contributed by atoms with Crippen molar-refractivity contribution in [3.8, 4) is 0 Å². The van der Waals surface area contributed by atoms with E-state index >= 15 is 0 Å². The number of imidazole rings is 1. The summed E-state index contributed by atoms with van der Waals surface area (Å²) in [6.07, 6.45) is 1.78. The average Bonchev–Trinajstić information content (AvgIpc) is 2.55. The van der Waals surface area contributed by atoms with Crippen LogP contribution in [-0.4, -0.2) is 17.8 Å². The second kappa shape index (κ2) is 3.75. The zero-order chi connectivity index (χ0) is 11.9. The van der Waals surface area contributed by atoms with Crippen LogP contribution in [0.1, 0.15) is 25.5 Å². The van der Waals surface area contributed by atoms with Crippen LogP contribution in [0.4, 0.5) is 0 Å². The van der Waals surface area contributed by atoms with Crippen LogP contribution in [-0.2, 0) is 9.05 Å². The average molecular weight is 259 g/mol. The monoisotopic (exact) mass is 258 g/mol. The fourth-order valence-electron chi connectivity index (χ4n) is 1.70. The van der Waals surface area contributed by atoms with Gasteiger partial charge in [-0.05, 0) is 18.1 Å². The minimum absolute atomic E-state index is 0.0286. The van der Waals surface area contributed by atoms with Crippen LogP contribution < -0.4 is 0 Å². The molecule has 0 radical (unpaired) electrons. The molecule has 86 valence electrons. The van der Waals surface area contributed by atoms with Gasteiger partial charge in [-0.2, -0.15) is 0 Å². The predicted octanol–water partition coefficient (Wildman–Crippen LogP) is 2.39. The predicted molar refractivity (Wildman–Crippen MR) is 62.3 cm³/mol. The third-order valence-corrected chi connectivity index (χ3v) is 3.51. The van der Waals surface area contributed by atoms with Gasteiger partial charge in [0.05, 0.1) is 5.69 Å². The SMILES string of the molecule is CC(C)c1c(S(=O)(=O)Cl)nc2ccccn12. The van der Waals surface area contributed by atoms with Crippen molar-refractivity contribution < 1.29 is 8.42 Å². The summed E-state index contributed by atoms with van der Waals surface area (Å²) in [6.45, 7) is 3.81. The first kappa shape index (κ1) is 11.4. The third kappa shape index (κ3) is 1.81. The molecule has 0 saturated heterocycles. The molecular formula is C10H11ClN2O2S. The lowest BCUT2D eigenvalue weighted by atomic mass is 10.1. The van der Waals surface area contributed by atoms with Gasteiger partial charge in [-0.1, -0.05) is 19.9 Å². The zero-order valence-corrected chi connectivity index (χ0v) is 10.5. The van der Waals surface area contributed by atoms with Crippen LogP contribution in [0, 0.1) is 0 Å². The van der Waals surface area contributed by atoms with E-state index in [0.717, 1.165) is 0 Å². The third-order valence-electron chi connectivity index (χ3n) is 2.31. The van der Waals surface area contributed by atoms with E-state index in [1.165, 1.54) is 0 Å². The molecule has 0 saturated carbocycles. The first-order valence-corrected chi connectivity index (χ1v) is 7.14. The maximum absolute atomic E-state index is 11.4. The molecule has 0 unspecified atom stereocenters. The van der Waals surface area contributed by atoms with Crippen LogP contribution in [0.3, 0.4) is 0 Å². The van der Waals surface area contributed by atoms with Crippen LogP contribution in [0.5, 0.6) is 0 Å². The van der Waals surface area contributed by atoms with Crippen molar-refractivity contribution in [2.75, 3.05) is 0 Å². The summed E-state index contributed by atoms with van der Waals surface area (Å²) in [5, 5.41) is -0.0460. The highest BCUT2D eigenvalue weighted by atomic mass is 35.7. The molecule has 0 spiro atoms. The van der Waals surface area contributed by atoms with E-state index in [2.05, 4.69) is 4.98 Å². The van der Waals surface area contributed by atoms with Gasteiger partial charge in [-0.25, -0.2) is 13.4 Å². The first-order chi connectivity index (χ1) is 7.41. The summed E-state index contributed by atoms with van der Waals surface area (Å²) in [4.78, 5) is 4.05. The molecule has 2 heterocycles. The molecule has 4 nitrogen and oxygen atoms in total. The highest BCUT2D eigenvalue weighted by molar-refractivity contribution is 8.13. The van der Waals surface area contributed by atoms with E-state index in [0.29, 0.717) is 11.3 Å². The molecule has 0 aromatic carbocycles. The van der Waals surface area contributed by atoms with Gasteiger partial charge in [0.15, 0.2) is 5.03 Å². The van der Waals surface area contributed by atoms with Gasteiger partial charge < -0.3 is 4.40 Å². The van der Waals surface area contributed by atoms with Crippen molar-refractivity contribution in [2.45, 2.75) is 24.8 Å². The Hall–Kier alpha value is -1.07. The number of hydrogen-bond acceptors (Lipinski definition) is 3. The molecule has 2 rings (SSSR count). The summed E-state index contributed by atoms with van der Waals surface area (Å²) in [6, 6.07) is 5.37. The Kier molecular flexibility index (Phi) is 2.67. The van der Waals surface area contributed by atoms with Crippen molar-refractivity contribution in [2.24, 2.45) is 0 Å². The van der Waals surface area contributed by atoms with Gasteiger partial charge in [-0.15, -0.1) is 0 Å². The van der Waals surface area contributed by atoms with Gasteiger partial charge in [0.1, 0.15) is 5.65 Å². The van der Waals surface area contributed by atoms with Crippen molar-refractivity contribution in [3.63, 3.8) is 0 Å². The van der Waals surface area contributed by atoms with Crippen LogP contribution in [0.25, 0.3) is 5.65 Å². The molecule has 2 aromatic heterocycles. The minimum Gasteiger partial charge on any atom is -0.302 e. The molecule has 0 aliphatic heterocycles. The highest BCUT2D eigenvalue weighted by Crippen LogP contribution is 2.26. The van der Waals surface area contributed by atoms with Gasteiger partial charge in [-0.3, -0.25) is 0 Å². The summed E-state index contributed by atoms with van der Waals surface area (Å²) in [5.41, 5.74) is 1.20. The van der Waals surface area contributed by atoms with Crippen LogP contribution in [0.2, 0.25) is 0 Å². The van der Waals surface area contributed by atoms with Crippen molar-refractivity contribution in [1.82, 2.24) is 9.38 Å². The Labute approximate surface area is 98.3 Å². The summed E-state index contributed by atoms with van der Waals surface area (Å²) in [7, 11) is 1.58. The highest BCUT2D eigenvalue weighted by Gasteiger charge is 2.24. The van der Waals surface area contributed by atoms with Crippen LogP contribution in [0.15, 0.2) is 29.4 Å². The largest absolute Gasteiger partial charge is 0.302 e. The van der Waals surface area contributed by atoms with E-state index in [-0.39, 0.29) is 10.9 Å². The molecular weight excluding hydrogens is 248 g/mol. The number of aromatic nitrogens is 2. The Morgan fingerprint density at radius 3 is 2.62 bits per heavy atom. The molecule has 0 aliphatic carbocycles. The van der Waals surface area contributed by atoms with Crippen LogP contribution >= 0.6 is 10.7 Å². The Bertz CT molecular complexity index is 631. The molecule has 0 amide bonds. The fourth-order valence-corrected chi connectivity index (χ4v) is 2.82. The van der Waals surface area contributed by atoms with Gasteiger partial charge in [0, 0.05) is 16.9 Å². The Morgan fingerprint density at radius 2 is 2.06 bits per heavy atom. The lowest BCUT2D eigenvalue weighted by Gasteiger charge is -2.05. The normalized spacial score (nSPS) is 12.5. The number of pyridine rings is 1. The summed E-state index contributed by atoms with van der Waals surface area (Å²) < 4.78 is 24.6. The van der Waals surface area contributed by atoms with E-state index < -0.39 is 9.05 Å². The quantitative estimate of drug-likeness (QED) is 0.777. The maximum Gasteiger partial charge on any atom is 0.280 e. The van der Waals surface area contributed by atoms with E-state index in [1.54, 1.807) is 22.7 Å². The van der Waals surface area contributed by atoms with Gasteiger partial charge >= 0.3 is 0 Å². The fraction of sp³-hybridized carbons (Fsp3) is 0.300. The first-order valence-electron chi connectivity index (χ1n) is 4.83. The lowest BCUT2D eigenvalue weighted by molar-refractivity contribution is 0.603. The topological polar surface area (TPSA) is 51.4 Å². The molecule has 16 heavy (non-hydrogen) atoms. The second-order valence-electron chi connectivity index (χ2n) is 3.82. The van der Waals surface area contributed by atoms with E-state index in [1.807, 2.05) is 19.9 Å². The van der Waals surface area contributed by atoms with Crippen molar-refractivity contribution in [3.05, 3.63) is 30.1 Å². The molecule has 0 atom stereocenters. The lowest BCUT2D eigenvalue weighted by Crippen LogP contribution is -2.01. The van der Waals surface area contributed by atoms with Crippen molar-refractivity contribution in [1.29, 1.82) is 0 Å². The number of fused-ring (bicyclic) bond motifs is 1. The molecule has 2 aromatic rings. The molecule has 6 heteroatoms. The number of nitrogens with zero attached hydrogens (tertiary/aromatic N) is 2. The van der Waals surface area contributed by atoms with Gasteiger partial charge in [0.25, 0.3) is 9.05 Å². The zero-order valence-electron chi connectivity index (χ0n) is 8.88. The van der Waals surface area contributed by atoms with Gasteiger partial charge in [0.2, 0.25) is 0 Å². The Morgan fingerprint density at radius 1 is 1.38 bits per heavy atom. The standard InChI is InChI=1S/C10H11ClN2O2S/c1-7(2)9-10(16(11,14)15)12-8-5-3-4-6-13(8)9/h3-7H,1-2H3. The number of halogens is 1. The molecule has 0 bridgehead atoms. The maximum atomic E-state index is 11.4. The molecule has 0 aliphatic rings. The van der Waals surface area contributed by atoms with E-state index in [4.69, 9.17) is 10.7 Å². The summed E-state index contributed by atoms with van der Waals surface area (Å²) >= 11 is 0. The number of rotatable bonds is 2. The van der Waals surface area contributed by atoms with E-state index in [9.17, 15) is 8.42 Å². The minimum atomic E-state index is -3.80.